The highest BCUT2D eigenvalue weighted by Crippen LogP contribution is 2.38. The van der Waals surface area contributed by atoms with Crippen LogP contribution in [0, 0.1) is 18.8 Å². The van der Waals surface area contributed by atoms with E-state index in [0.29, 0.717) is 17.5 Å². The first kappa shape index (κ1) is 20.0. The summed E-state index contributed by atoms with van der Waals surface area (Å²) in [6, 6.07) is 4.95. The number of nitrogens with zero attached hydrogens (tertiary/aromatic N) is 1. The van der Waals surface area contributed by atoms with Crippen molar-refractivity contribution in [3.05, 3.63) is 29.3 Å². The highest BCUT2D eigenvalue weighted by atomic mass is 32.2. The minimum Gasteiger partial charge on any atom is -0.278 e. The fourth-order valence-corrected chi connectivity index (χ4v) is 5.64. The van der Waals surface area contributed by atoms with Crippen LogP contribution in [-0.2, 0) is 26.2 Å². The minimum atomic E-state index is -3.64. The van der Waals surface area contributed by atoms with Crippen molar-refractivity contribution in [1.29, 1.82) is 0 Å². The third-order valence-corrected chi connectivity index (χ3v) is 7.52. The second-order valence-electron chi connectivity index (χ2n) is 7.79. The van der Waals surface area contributed by atoms with Gasteiger partial charge in [0.25, 0.3) is 0 Å². The van der Waals surface area contributed by atoms with Gasteiger partial charge in [0.1, 0.15) is 0 Å². The Morgan fingerprint density at radius 3 is 2.30 bits per heavy atom. The van der Waals surface area contributed by atoms with Gasteiger partial charge in [-0.05, 0) is 50.3 Å². The number of hydrogen-bond donors (Lipinski definition) is 1. The molecule has 1 aromatic carbocycles. The maximum atomic E-state index is 12.7. The second kappa shape index (κ2) is 7.72. The molecule has 0 spiro atoms. The van der Waals surface area contributed by atoms with E-state index in [0.717, 1.165) is 25.7 Å². The number of carbonyl (C=O) groups excluding carboxylic acids is 2. The van der Waals surface area contributed by atoms with Crippen molar-refractivity contribution in [3.8, 4) is 0 Å². The van der Waals surface area contributed by atoms with E-state index in [2.05, 4.69) is 4.72 Å². The average molecular weight is 393 g/mol. The summed E-state index contributed by atoms with van der Waals surface area (Å²) < 4.78 is 28.0. The molecule has 1 aliphatic heterocycles. The Hall–Kier alpha value is -1.73. The van der Waals surface area contributed by atoms with E-state index in [-0.39, 0.29) is 41.1 Å². The highest BCUT2D eigenvalue weighted by Gasteiger charge is 2.47. The Kier molecular flexibility index (Phi) is 5.72. The van der Waals surface area contributed by atoms with Crippen molar-refractivity contribution in [2.75, 3.05) is 0 Å². The van der Waals surface area contributed by atoms with Gasteiger partial charge in [-0.25, -0.2) is 13.1 Å². The molecule has 3 atom stereocenters. The summed E-state index contributed by atoms with van der Waals surface area (Å²) in [4.78, 5) is 26.9. The van der Waals surface area contributed by atoms with E-state index in [1.165, 1.54) is 4.90 Å². The number of benzene rings is 1. The van der Waals surface area contributed by atoms with Gasteiger partial charge >= 0.3 is 0 Å². The maximum absolute atomic E-state index is 12.7. The minimum absolute atomic E-state index is 0.104. The van der Waals surface area contributed by atoms with Crippen LogP contribution >= 0.6 is 0 Å². The summed E-state index contributed by atoms with van der Waals surface area (Å²) >= 11 is 0. The number of likely N-dealkylation sites (tertiary alicyclic amines) is 1. The van der Waals surface area contributed by atoms with Crippen LogP contribution in [0.15, 0.2) is 23.1 Å². The van der Waals surface area contributed by atoms with Gasteiger partial charge < -0.3 is 0 Å². The van der Waals surface area contributed by atoms with Crippen molar-refractivity contribution in [2.24, 2.45) is 11.8 Å². The van der Waals surface area contributed by atoms with Crippen molar-refractivity contribution >= 4 is 21.8 Å². The van der Waals surface area contributed by atoms with E-state index >= 15 is 0 Å². The van der Waals surface area contributed by atoms with Gasteiger partial charge in [-0.1, -0.05) is 31.9 Å². The molecule has 3 rings (SSSR count). The molecule has 6 nitrogen and oxygen atoms in total. The van der Waals surface area contributed by atoms with Gasteiger partial charge in [0, 0.05) is 6.04 Å². The molecule has 2 fully saturated rings. The molecular formula is C20H28N2O4S. The zero-order valence-electron chi connectivity index (χ0n) is 16.2. The lowest BCUT2D eigenvalue weighted by Crippen LogP contribution is -2.33. The molecular weight excluding hydrogens is 364 g/mol. The molecule has 1 N–H and O–H groups in total. The third kappa shape index (κ3) is 3.94. The van der Waals surface area contributed by atoms with Crippen LogP contribution in [0.25, 0.3) is 0 Å². The maximum Gasteiger partial charge on any atom is 0.241 e. The van der Waals surface area contributed by atoms with Crippen LogP contribution in [0.5, 0.6) is 0 Å². The zero-order chi connectivity index (χ0) is 19.8. The molecule has 0 radical (unpaired) electrons. The summed E-state index contributed by atoms with van der Waals surface area (Å²) in [6.07, 6.45) is 4.22. The topological polar surface area (TPSA) is 83.6 Å². The Morgan fingerprint density at radius 2 is 1.74 bits per heavy atom. The lowest BCUT2D eigenvalue weighted by molar-refractivity contribution is -0.140. The van der Waals surface area contributed by atoms with E-state index in [1.54, 1.807) is 25.1 Å². The molecule has 7 heteroatoms. The van der Waals surface area contributed by atoms with Crippen molar-refractivity contribution in [3.63, 3.8) is 0 Å². The molecule has 1 aromatic rings. The van der Waals surface area contributed by atoms with Crippen molar-refractivity contribution < 1.29 is 18.0 Å². The van der Waals surface area contributed by atoms with Gasteiger partial charge in [0.2, 0.25) is 21.8 Å². The van der Waals surface area contributed by atoms with E-state index in [9.17, 15) is 18.0 Å². The summed E-state index contributed by atoms with van der Waals surface area (Å²) in [5.41, 5.74) is 1.30. The molecule has 1 saturated heterocycles. The quantitative estimate of drug-likeness (QED) is 0.755. The largest absolute Gasteiger partial charge is 0.278 e. The monoisotopic (exact) mass is 392 g/mol. The Morgan fingerprint density at radius 1 is 1.15 bits per heavy atom. The Labute approximate surface area is 161 Å². The Balaban J connectivity index is 1.84. The van der Waals surface area contributed by atoms with Gasteiger partial charge in [0.05, 0.1) is 23.3 Å². The number of nitrogens with one attached hydrogen (secondary N) is 1. The molecule has 2 amide bonds. The summed E-state index contributed by atoms with van der Waals surface area (Å²) in [6.45, 7) is 5.62. The van der Waals surface area contributed by atoms with Crippen LogP contribution < -0.4 is 4.72 Å². The molecule has 0 unspecified atom stereocenters. The number of aryl methyl sites for hydroxylation is 1. The predicted molar refractivity (Wildman–Crippen MR) is 102 cm³/mol. The highest BCUT2D eigenvalue weighted by molar-refractivity contribution is 7.89. The number of amides is 2. The lowest BCUT2D eigenvalue weighted by atomic mass is 9.81. The fourth-order valence-electron chi connectivity index (χ4n) is 4.01. The summed E-state index contributed by atoms with van der Waals surface area (Å²) in [5.74, 6) is -0.584. The third-order valence-electron chi connectivity index (χ3n) is 5.78. The van der Waals surface area contributed by atoms with E-state index in [4.69, 9.17) is 0 Å². The number of carbonyl (C=O) groups is 2. The first-order chi connectivity index (χ1) is 12.7. The standard InChI is InChI=1S/C20H28N2O4S/c1-4-14(3)21-27(25,26)18-11-15(10-9-13(18)2)12-22-19(23)16-7-5-6-8-17(16)20(22)24/h9-11,14,16-17,21H,4-8,12H2,1-3H3/t14-,16-,17+/m0/s1. The lowest BCUT2D eigenvalue weighted by Gasteiger charge is -2.19. The number of hydrogen-bond acceptors (Lipinski definition) is 4. The molecule has 148 valence electrons. The first-order valence-corrected chi connectivity index (χ1v) is 11.2. The SMILES string of the molecule is CC[C@H](C)NS(=O)(=O)c1cc(CN2C(=O)[C@H]3CCCC[C@H]3C2=O)ccc1C. The average Bonchev–Trinajstić information content (AvgIpc) is 2.88. The smallest absolute Gasteiger partial charge is 0.241 e. The number of imide groups is 1. The predicted octanol–water partition coefficient (Wildman–Crippen LogP) is 2.75. The summed E-state index contributed by atoms with van der Waals surface area (Å²) in [7, 11) is -3.64. The number of rotatable bonds is 6. The molecule has 0 aromatic heterocycles. The van der Waals surface area contributed by atoms with Crippen LogP contribution in [-0.4, -0.2) is 31.2 Å². The van der Waals surface area contributed by atoms with Gasteiger partial charge in [-0.3, -0.25) is 14.5 Å². The van der Waals surface area contributed by atoms with E-state index in [1.807, 2.05) is 13.8 Å². The first-order valence-electron chi connectivity index (χ1n) is 9.71. The Bertz CT molecular complexity index is 826. The molecule has 1 saturated carbocycles. The van der Waals surface area contributed by atoms with Crippen LogP contribution in [0.2, 0.25) is 0 Å². The van der Waals surface area contributed by atoms with Crippen LogP contribution in [0.4, 0.5) is 0 Å². The van der Waals surface area contributed by atoms with Gasteiger partial charge in [0.15, 0.2) is 0 Å². The van der Waals surface area contributed by atoms with Crippen LogP contribution in [0.3, 0.4) is 0 Å². The molecule has 1 aliphatic carbocycles. The zero-order valence-corrected chi connectivity index (χ0v) is 17.0. The van der Waals surface area contributed by atoms with E-state index < -0.39 is 10.0 Å². The number of sulfonamides is 1. The summed E-state index contributed by atoms with van der Waals surface area (Å²) in [5, 5.41) is 0. The second-order valence-corrected chi connectivity index (χ2v) is 9.47. The molecule has 1 heterocycles. The van der Waals surface area contributed by atoms with Gasteiger partial charge in [-0.2, -0.15) is 0 Å². The molecule has 0 bridgehead atoms. The van der Waals surface area contributed by atoms with Crippen molar-refractivity contribution in [1.82, 2.24) is 9.62 Å². The number of fused-ring (bicyclic) bond motifs is 1. The van der Waals surface area contributed by atoms with Crippen molar-refractivity contribution in [2.45, 2.75) is 70.4 Å². The van der Waals surface area contributed by atoms with Gasteiger partial charge in [-0.15, -0.1) is 0 Å². The molecule has 27 heavy (non-hydrogen) atoms. The normalized spacial score (nSPS) is 24.2. The fraction of sp³-hybridized carbons (Fsp3) is 0.600. The molecule has 2 aliphatic rings. The van der Waals surface area contributed by atoms with Crippen LogP contribution in [0.1, 0.15) is 57.1 Å².